The zero-order valence-corrected chi connectivity index (χ0v) is 11.9. The normalized spacial score (nSPS) is 13.7. The fraction of sp³-hybridized carbons (Fsp3) is 0.235. The van der Waals surface area contributed by atoms with E-state index in [-0.39, 0.29) is 11.4 Å². The molecule has 5 heteroatoms. The van der Waals surface area contributed by atoms with Gasteiger partial charge in [-0.05, 0) is 60.6 Å². The number of rotatable bonds is 2. The van der Waals surface area contributed by atoms with Gasteiger partial charge < -0.3 is 15.9 Å². The molecule has 0 atom stereocenters. The number of carbonyl (C=O) groups is 1. The van der Waals surface area contributed by atoms with Gasteiger partial charge in [-0.3, -0.25) is 0 Å². The average molecular weight is 301 g/mol. The number of hydrogen-bond donors (Lipinski definition) is 3. The van der Waals surface area contributed by atoms with Gasteiger partial charge in [0.1, 0.15) is 11.6 Å². The number of carboxylic acid groups (broad SMARTS) is 1. The van der Waals surface area contributed by atoms with E-state index in [4.69, 9.17) is 10.8 Å². The Morgan fingerprint density at radius 2 is 1.91 bits per heavy atom. The molecular weight excluding hydrogens is 285 g/mol. The van der Waals surface area contributed by atoms with Crippen molar-refractivity contribution in [2.45, 2.75) is 25.7 Å². The van der Waals surface area contributed by atoms with Crippen molar-refractivity contribution in [3.8, 4) is 16.9 Å². The lowest BCUT2D eigenvalue weighted by molar-refractivity contribution is 0.0692. The summed E-state index contributed by atoms with van der Waals surface area (Å²) < 4.78 is 13.6. The summed E-state index contributed by atoms with van der Waals surface area (Å²) in [7, 11) is 0. The van der Waals surface area contributed by atoms with Crippen molar-refractivity contribution >= 4 is 11.7 Å². The second kappa shape index (κ2) is 5.33. The molecule has 2 aromatic rings. The number of carboxylic acids is 1. The number of benzene rings is 2. The SMILES string of the molecule is Nc1cc2c(c(-c3ccc(F)c(C(=O)O)c3)c1O)CCCC2. The highest BCUT2D eigenvalue weighted by atomic mass is 19.1. The summed E-state index contributed by atoms with van der Waals surface area (Å²) >= 11 is 0. The van der Waals surface area contributed by atoms with Crippen LogP contribution in [0.15, 0.2) is 24.3 Å². The zero-order chi connectivity index (χ0) is 15.9. The molecule has 4 N–H and O–H groups in total. The van der Waals surface area contributed by atoms with Crippen LogP contribution in [-0.2, 0) is 12.8 Å². The van der Waals surface area contributed by atoms with Crippen LogP contribution in [0.4, 0.5) is 10.1 Å². The molecule has 0 aromatic heterocycles. The summed E-state index contributed by atoms with van der Waals surface area (Å²) in [5, 5.41) is 19.4. The first-order chi connectivity index (χ1) is 10.5. The molecule has 0 unspecified atom stereocenters. The van der Waals surface area contributed by atoms with Crippen LogP contribution in [0.3, 0.4) is 0 Å². The number of nitrogen functional groups attached to an aromatic ring is 1. The third-order valence-corrected chi connectivity index (χ3v) is 4.14. The maximum atomic E-state index is 13.6. The Bertz CT molecular complexity index is 771. The highest BCUT2D eigenvalue weighted by Gasteiger charge is 2.21. The van der Waals surface area contributed by atoms with Crippen LogP contribution in [-0.4, -0.2) is 16.2 Å². The van der Waals surface area contributed by atoms with Crippen LogP contribution in [0.25, 0.3) is 11.1 Å². The van der Waals surface area contributed by atoms with E-state index in [1.807, 2.05) is 0 Å². The largest absolute Gasteiger partial charge is 0.505 e. The second-order valence-electron chi connectivity index (χ2n) is 5.53. The molecule has 0 heterocycles. The standard InChI is InChI=1S/C17H16FNO3/c18-13-6-5-10(7-12(13)17(21)22)15-11-4-2-1-3-9(11)8-14(19)16(15)20/h5-8,20H,1-4,19H2,(H,21,22). The molecule has 0 bridgehead atoms. The number of fused-ring (bicyclic) bond motifs is 1. The average Bonchev–Trinajstić information content (AvgIpc) is 2.49. The monoisotopic (exact) mass is 301 g/mol. The fourth-order valence-electron chi connectivity index (χ4n) is 3.07. The van der Waals surface area contributed by atoms with Gasteiger partial charge in [0.15, 0.2) is 0 Å². The maximum absolute atomic E-state index is 13.6. The molecular formula is C17H16FNO3. The highest BCUT2D eigenvalue weighted by Crippen LogP contribution is 2.42. The molecule has 0 fully saturated rings. The molecule has 3 rings (SSSR count). The molecule has 1 aliphatic carbocycles. The highest BCUT2D eigenvalue weighted by molar-refractivity contribution is 5.91. The number of hydrogen-bond acceptors (Lipinski definition) is 3. The van der Waals surface area contributed by atoms with E-state index in [1.165, 1.54) is 12.1 Å². The quantitative estimate of drug-likeness (QED) is 0.586. The molecule has 0 saturated heterocycles. The van der Waals surface area contributed by atoms with E-state index in [0.29, 0.717) is 11.1 Å². The topological polar surface area (TPSA) is 83.6 Å². The Morgan fingerprint density at radius 1 is 1.18 bits per heavy atom. The maximum Gasteiger partial charge on any atom is 0.338 e. The van der Waals surface area contributed by atoms with Crippen molar-refractivity contribution in [1.29, 1.82) is 0 Å². The summed E-state index contributed by atoms with van der Waals surface area (Å²) in [5.41, 5.74) is 8.76. The van der Waals surface area contributed by atoms with Crippen LogP contribution >= 0.6 is 0 Å². The third kappa shape index (κ3) is 2.28. The minimum Gasteiger partial charge on any atom is -0.505 e. The van der Waals surface area contributed by atoms with E-state index in [1.54, 1.807) is 6.07 Å². The van der Waals surface area contributed by atoms with Crippen molar-refractivity contribution in [2.24, 2.45) is 0 Å². The van der Waals surface area contributed by atoms with Gasteiger partial charge in [0.05, 0.1) is 11.3 Å². The number of halogens is 1. The molecule has 22 heavy (non-hydrogen) atoms. The number of phenols is 1. The Morgan fingerprint density at radius 3 is 2.64 bits per heavy atom. The minimum atomic E-state index is -1.34. The van der Waals surface area contributed by atoms with Crippen LogP contribution in [0, 0.1) is 5.82 Å². The number of aryl methyl sites for hydroxylation is 1. The first kappa shape index (κ1) is 14.4. The van der Waals surface area contributed by atoms with Gasteiger partial charge in [-0.2, -0.15) is 0 Å². The van der Waals surface area contributed by atoms with E-state index in [2.05, 4.69) is 0 Å². The van der Waals surface area contributed by atoms with Crippen molar-refractivity contribution in [1.82, 2.24) is 0 Å². The summed E-state index contributed by atoms with van der Waals surface area (Å²) in [4.78, 5) is 11.1. The van der Waals surface area contributed by atoms with Gasteiger partial charge in [-0.15, -0.1) is 0 Å². The fourth-order valence-corrected chi connectivity index (χ4v) is 3.07. The van der Waals surface area contributed by atoms with Gasteiger partial charge in [0.2, 0.25) is 0 Å². The Hall–Kier alpha value is -2.56. The van der Waals surface area contributed by atoms with Gasteiger partial charge in [0.25, 0.3) is 0 Å². The van der Waals surface area contributed by atoms with Crippen molar-refractivity contribution in [2.75, 3.05) is 5.73 Å². The number of aromatic carboxylic acids is 1. The van der Waals surface area contributed by atoms with E-state index in [0.717, 1.165) is 42.9 Å². The number of aromatic hydroxyl groups is 1. The zero-order valence-electron chi connectivity index (χ0n) is 11.9. The van der Waals surface area contributed by atoms with Gasteiger partial charge in [-0.1, -0.05) is 6.07 Å². The Kier molecular flexibility index (Phi) is 3.48. The minimum absolute atomic E-state index is 0.0661. The number of nitrogens with two attached hydrogens (primary N) is 1. The summed E-state index contributed by atoms with van der Waals surface area (Å²) in [5.74, 6) is -2.20. The predicted octanol–water partition coefficient (Wildman–Crippen LogP) is 3.36. The van der Waals surface area contributed by atoms with Crippen LogP contribution in [0.1, 0.15) is 34.3 Å². The molecule has 4 nitrogen and oxygen atoms in total. The molecule has 114 valence electrons. The predicted molar refractivity (Wildman–Crippen MR) is 81.5 cm³/mol. The number of anilines is 1. The molecule has 0 amide bonds. The van der Waals surface area contributed by atoms with E-state index in [9.17, 15) is 14.3 Å². The molecule has 0 radical (unpaired) electrons. The molecule has 0 spiro atoms. The lowest BCUT2D eigenvalue weighted by atomic mass is 9.84. The summed E-state index contributed by atoms with van der Waals surface area (Å²) in [6.45, 7) is 0. The Labute approximate surface area is 127 Å². The van der Waals surface area contributed by atoms with Gasteiger partial charge in [0, 0.05) is 5.56 Å². The van der Waals surface area contributed by atoms with Crippen LogP contribution < -0.4 is 5.73 Å². The molecule has 0 saturated carbocycles. The van der Waals surface area contributed by atoms with Crippen LogP contribution in [0.5, 0.6) is 5.75 Å². The van der Waals surface area contributed by atoms with Gasteiger partial charge in [-0.25, -0.2) is 9.18 Å². The first-order valence-electron chi connectivity index (χ1n) is 7.15. The van der Waals surface area contributed by atoms with Crippen molar-refractivity contribution in [3.05, 3.63) is 46.8 Å². The lowest BCUT2D eigenvalue weighted by Gasteiger charge is -2.22. The second-order valence-corrected chi connectivity index (χ2v) is 5.53. The summed E-state index contributed by atoms with van der Waals surface area (Å²) in [6.07, 6.45) is 3.72. The van der Waals surface area contributed by atoms with E-state index < -0.39 is 17.3 Å². The third-order valence-electron chi connectivity index (χ3n) is 4.14. The van der Waals surface area contributed by atoms with Crippen LogP contribution in [0.2, 0.25) is 0 Å². The van der Waals surface area contributed by atoms with E-state index >= 15 is 0 Å². The molecule has 1 aliphatic rings. The molecule has 2 aromatic carbocycles. The smallest absolute Gasteiger partial charge is 0.338 e. The lowest BCUT2D eigenvalue weighted by Crippen LogP contribution is -2.07. The first-order valence-corrected chi connectivity index (χ1v) is 7.15. The summed E-state index contributed by atoms with van der Waals surface area (Å²) in [6, 6.07) is 5.61. The molecule has 0 aliphatic heterocycles. The van der Waals surface area contributed by atoms with Crippen molar-refractivity contribution < 1.29 is 19.4 Å². The number of phenolic OH excluding ortho intramolecular Hbond substituents is 1. The Balaban J connectivity index is 2.26. The van der Waals surface area contributed by atoms with Crippen molar-refractivity contribution in [3.63, 3.8) is 0 Å². The van der Waals surface area contributed by atoms with Gasteiger partial charge >= 0.3 is 5.97 Å².